The standard InChI is InChI=1S/C41H46F6N2O9/c1-22-27(30-18-29(48-37(51)40(42,43)44)33(23(2)57-30)55-20-25-13-9-7-10-14-25)17-28(34(53-5)32(22)36(50)54-6)31-19-39(4,49-38(52)41(45,46)47)35(24(3)58-31)56-21-26-15-11-8-12-16-26/h7-17,23-24,29-31,33,35H,18-21H2,1-6H3,(H,48,51)(H,49,52)/t23?,24?,29-,30-,31+,33-,35-,39-/m1/s1. The van der Waals surface area contributed by atoms with Crippen LogP contribution in [-0.2, 0) is 46.5 Å². The molecule has 5 rings (SSSR count). The lowest BCUT2D eigenvalue weighted by molar-refractivity contribution is -0.196. The van der Waals surface area contributed by atoms with E-state index in [4.69, 9.17) is 28.4 Å². The molecule has 58 heavy (non-hydrogen) atoms. The van der Waals surface area contributed by atoms with Crippen molar-refractivity contribution in [2.75, 3.05) is 14.2 Å². The van der Waals surface area contributed by atoms with Gasteiger partial charge in [-0.05, 0) is 56.0 Å². The van der Waals surface area contributed by atoms with Gasteiger partial charge in [0, 0.05) is 18.4 Å². The third kappa shape index (κ3) is 10.1. The molecule has 2 unspecified atom stereocenters. The van der Waals surface area contributed by atoms with E-state index in [1.165, 1.54) is 14.0 Å². The summed E-state index contributed by atoms with van der Waals surface area (Å²) in [6.07, 6.45) is -17.3. The van der Waals surface area contributed by atoms with E-state index in [2.05, 4.69) is 10.6 Å². The highest BCUT2D eigenvalue weighted by Gasteiger charge is 2.52. The molecule has 2 fully saturated rings. The summed E-state index contributed by atoms with van der Waals surface area (Å²) in [7, 11) is 2.39. The maximum atomic E-state index is 13.8. The summed E-state index contributed by atoms with van der Waals surface area (Å²) in [6.45, 7) is 6.07. The molecule has 2 saturated heterocycles. The van der Waals surface area contributed by atoms with Gasteiger partial charge in [0.05, 0.1) is 63.4 Å². The highest BCUT2D eigenvalue weighted by atomic mass is 19.4. The van der Waals surface area contributed by atoms with Crippen LogP contribution in [0.3, 0.4) is 0 Å². The number of methoxy groups -OCH3 is 2. The first-order chi connectivity index (χ1) is 27.3. The molecule has 2 amide bonds. The zero-order valence-corrected chi connectivity index (χ0v) is 32.7. The van der Waals surface area contributed by atoms with Crippen LogP contribution in [0.1, 0.15) is 84.0 Å². The smallest absolute Gasteiger partial charge is 0.471 e. The maximum Gasteiger partial charge on any atom is 0.471 e. The van der Waals surface area contributed by atoms with Crippen LogP contribution in [0.25, 0.3) is 0 Å². The largest absolute Gasteiger partial charge is 0.495 e. The minimum Gasteiger partial charge on any atom is -0.495 e. The van der Waals surface area contributed by atoms with E-state index in [9.17, 15) is 40.7 Å². The Morgan fingerprint density at radius 2 is 1.34 bits per heavy atom. The van der Waals surface area contributed by atoms with Crippen molar-refractivity contribution >= 4 is 17.8 Å². The second kappa shape index (κ2) is 18.1. The van der Waals surface area contributed by atoms with Gasteiger partial charge in [-0.25, -0.2) is 4.79 Å². The molecular weight excluding hydrogens is 778 g/mol. The Hall–Kier alpha value is -4.71. The Morgan fingerprint density at radius 1 is 0.793 bits per heavy atom. The number of rotatable bonds is 12. The molecule has 0 saturated carbocycles. The van der Waals surface area contributed by atoms with E-state index in [1.54, 1.807) is 87.5 Å². The molecule has 3 aromatic rings. The van der Waals surface area contributed by atoms with Gasteiger partial charge in [0.25, 0.3) is 0 Å². The SMILES string of the molecule is COC(=O)c1c(C)c([C@H]2C[C@@H](NC(=O)C(F)(F)F)[C@H](OCc3ccccc3)C(C)O2)cc([C@@H]2C[C@@](C)(NC(=O)C(F)(F)F)[C@H](OCc3ccccc3)C(C)O2)c1OC. The summed E-state index contributed by atoms with van der Waals surface area (Å²) in [4.78, 5) is 38.3. The normalized spacial score (nSPS) is 26.4. The molecular formula is C41H46F6N2O9. The molecule has 316 valence electrons. The van der Waals surface area contributed by atoms with Gasteiger partial charge in [0.15, 0.2) is 0 Å². The fourth-order valence-electron chi connectivity index (χ4n) is 7.75. The summed E-state index contributed by atoms with van der Waals surface area (Å²) in [5.74, 6) is -5.31. The Balaban J connectivity index is 1.56. The van der Waals surface area contributed by atoms with Crippen molar-refractivity contribution in [1.82, 2.24) is 10.6 Å². The number of alkyl halides is 6. The number of carbonyl (C=O) groups excluding carboxylic acids is 3. The summed E-state index contributed by atoms with van der Waals surface area (Å²) in [5.41, 5.74) is 0.297. The van der Waals surface area contributed by atoms with Crippen LogP contribution in [0.4, 0.5) is 26.3 Å². The van der Waals surface area contributed by atoms with Gasteiger partial charge in [-0.15, -0.1) is 0 Å². The van der Waals surface area contributed by atoms with E-state index >= 15 is 0 Å². The molecule has 3 aromatic carbocycles. The average molecular weight is 825 g/mol. The first kappa shape index (κ1) is 44.4. The van der Waals surface area contributed by atoms with E-state index in [0.717, 1.165) is 12.7 Å². The number of halogens is 6. The van der Waals surface area contributed by atoms with Crippen LogP contribution in [-0.4, -0.2) is 80.4 Å². The summed E-state index contributed by atoms with van der Waals surface area (Å²) >= 11 is 0. The number of esters is 1. The number of hydrogen-bond acceptors (Lipinski definition) is 9. The number of ether oxygens (including phenoxy) is 6. The predicted octanol–water partition coefficient (Wildman–Crippen LogP) is 7.15. The molecule has 2 N–H and O–H groups in total. The van der Waals surface area contributed by atoms with Crippen LogP contribution < -0.4 is 15.4 Å². The molecule has 17 heteroatoms. The summed E-state index contributed by atoms with van der Waals surface area (Å²) in [6, 6.07) is 18.0. The predicted molar refractivity (Wildman–Crippen MR) is 196 cm³/mol. The Morgan fingerprint density at radius 3 is 1.88 bits per heavy atom. The maximum absolute atomic E-state index is 13.8. The van der Waals surface area contributed by atoms with Gasteiger partial charge in [0.2, 0.25) is 0 Å². The van der Waals surface area contributed by atoms with Crippen molar-refractivity contribution in [2.45, 2.75) is 114 Å². The quantitative estimate of drug-likeness (QED) is 0.145. The van der Waals surface area contributed by atoms with Crippen LogP contribution >= 0.6 is 0 Å². The van der Waals surface area contributed by atoms with Crippen molar-refractivity contribution in [2.24, 2.45) is 0 Å². The molecule has 0 bridgehead atoms. The van der Waals surface area contributed by atoms with Gasteiger partial charge in [-0.1, -0.05) is 60.7 Å². The van der Waals surface area contributed by atoms with E-state index in [0.29, 0.717) is 5.56 Å². The number of carbonyl (C=O) groups is 3. The number of amides is 2. The van der Waals surface area contributed by atoms with Gasteiger partial charge in [-0.2, -0.15) is 26.3 Å². The Kier molecular flexibility index (Phi) is 13.8. The minimum absolute atomic E-state index is 0.00261. The molecule has 2 aliphatic rings. The number of nitrogens with one attached hydrogen (secondary N) is 2. The second-order valence-corrected chi connectivity index (χ2v) is 14.6. The lowest BCUT2D eigenvalue weighted by atomic mass is 9.79. The van der Waals surface area contributed by atoms with Crippen molar-refractivity contribution in [3.8, 4) is 5.75 Å². The first-order valence-corrected chi connectivity index (χ1v) is 18.5. The van der Waals surface area contributed by atoms with Crippen molar-refractivity contribution < 1.29 is 69.1 Å². The van der Waals surface area contributed by atoms with Crippen LogP contribution in [0.15, 0.2) is 66.7 Å². The van der Waals surface area contributed by atoms with Gasteiger partial charge in [0.1, 0.15) is 23.5 Å². The molecule has 8 atom stereocenters. The third-order valence-corrected chi connectivity index (χ3v) is 10.4. The Bertz CT molecular complexity index is 1910. The summed E-state index contributed by atoms with van der Waals surface area (Å²) in [5, 5.41) is 4.19. The van der Waals surface area contributed by atoms with E-state index in [-0.39, 0.29) is 54.1 Å². The molecule has 0 aromatic heterocycles. The summed E-state index contributed by atoms with van der Waals surface area (Å²) < 4.78 is 118. The highest BCUT2D eigenvalue weighted by Crippen LogP contribution is 2.47. The monoisotopic (exact) mass is 824 g/mol. The minimum atomic E-state index is -5.24. The van der Waals surface area contributed by atoms with Crippen molar-refractivity contribution in [3.05, 3.63) is 100 Å². The van der Waals surface area contributed by atoms with Crippen LogP contribution in [0, 0.1) is 6.92 Å². The van der Waals surface area contributed by atoms with Crippen molar-refractivity contribution in [1.29, 1.82) is 0 Å². The van der Waals surface area contributed by atoms with E-state index < -0.39 is 78.3 Å². The molecule has 0 radical (unpaired) electrons. The molecule has 2 aliphatic heterocycles. The highest BCUT2D eigenvalue weighted by molar-refractivity contribution is 5.95. The van der Waals surface area contributed by atoms with Crippen LogP contribution in [0.5, 0.6) is 5.75 Å². The zero-order chi connectivity index (χ0) is 42.6. The molecule has 2 heterocycles. The lowest BCUT2D eigenvalue weighted by Gasteiger charge is -2.48. The van der Waals surface area contributed by atoms with Gasteiger partial charge in [-0.3, -0.25) is 9.59 Å². The van der Waals surface area contributed by atoms with Gasteiger partial charge < -0.3 is 39.1 Å². The average Bonchev–Trinajstić information content (AvgIpc) is 3.16. The topological polar surface area (TPSA) is 131 Å². The lowest BCUT2D eigenvalue weighted by Crippen LogP contribution is -2.64. The fraction of sp³-hybridized carbons (Fsp3) is 0.488. The number of hydrogen-bond donors (Lipinski definition) is 2. The third-order valence-electron chi connectivity index (χ3n) is 10.4. The second-order valence-electron chi connectivity index (χ2n) is 14.6. The fourth-order valence-corrected chi connectivity index (χ4v) is 7.75. The number of benzene rings is 3. The van der Waals surface area contributed by atoms with Gasteiger partial charge >= 0.3 is 30.1 Å². The van der Waals surface area contributed by atoms with E-state index in [1.807, 2.05) is 0 Å². The van der Waals surface area contributed by atoms with Crippen LogP contribution in [0.2, 0.25) is 0 Å². The Labute approximate surface area is 331 Å². The van der Waals surface area contributed by atoms with Crippen molar-refractivity contribution in [3.63, 3.8) is 0 Å². The molecule has 0 aliphatic carbocycles. The molecule has 11 nitrogen and oxygen atoms in total. The zero-order valence-electron chi connectivity index (χ0n) is 32.7. The molecule has 0 spiro atoms. The first-order valence-electron chi connectivity index (χ1n) is 18.5.